The van der Waals surface area contributed by atoms with Gasteiger partial charge in [0.25, 0.3) is 0 Å². The molecule has 0 unspecified atom stereocenters. The molecule has 2 heterocycles. The van der Waals surface area contributed by atoms with E-state index in [4.69, 9.17) is 16.0 Å². The van der Waals surface area contributed by atoms with Crippen molar-refractivity contribution in [3.05, 3.63) is 81.6 Å². The van der Waals surface area contributed by atoms with Crippen LogP contribution in [0.2, 0.25) is 5.02 Å². The highest BCUT2D eigenvalue weighted by atomic mass is 35.5. The Morgan fingerprint density at radius 3 is 2.50 bits per heavy atom. The Balaban J connectivity index is 1.55. The predicted octanol–water partition coefficient (Wildman–Crippen LogP) is 5.98. The maximum absolute atomic E-state index is 12.8. The number of halogens is 1. The topological polar surface area (TPSA) is 60.2 Å². The highest BCUT2D eigenvalue weighted by molar-refractivity contribution is 7.21. The van der Waals surface area contributed by atoms with Crippen LogP contribution in [0.4, 0.5) is 0 Å². The van der Waals surface area contributed by atoms with Gasteiger partial charge in [-0.1, -0.05) is 48.0 Å². The first-order valence-corrected chi connectivity index (χ1v) is 9.78. The van der Waals surface area contributed by atoms with E-state index < -0.39 is 0 Å². The van der Waals surface area contributed by atoms with Gasteiger partial charge in [0.05, 0.1) is 20.9 Å². The molecule has 0 spiro atoms. The SMILES string of the molecule is Cc1ccc(Cl)c2c1C(=O)/C(=C\c1cc3sc(-c4ccccc4)nc3o1)C2=O. The summed E-state index contributed by atoms with van der Waals surface area (Å²) in [4.78, 5) is 30.0. The molecule has 2 aromatic heterocycles. The summed E-state index contributed by atoms with van der Waals surface area (Å²) < 4.78 is 6.63. The molecule has 0 N–H and O–H groups in total. The quantitative estimate of drug-likeness (QED) is 0.304. The summed E-state index contributed by atoms with van der Waals surface area (Å²) in [6.07, 6.45) is 1.48. The van der Waals surface area contributed by atoms with Gasteiger partial charge in [-0.2, -0.15) is 0 Å². The molecule has 0 saturated carbocycles. The van der Waals surface area contributed by atoms with Crippen LogP contribution in [0.1, 0.15) is 32.0 Å². The van der Waals surface area contributed by atoms with E-state index in [9.17, 15) is 9.59 Å². The van der Waals surface area contributed by atoms with E-state index in [1.54, 1.807) is 25.1 Å². The zero-order valence-corrected chi connectivity index (χ0v) is 16.2. The average molecular weight is 406 g/mol. The Morgan fingerprint density at radius 1 is 1.04 bits per heavy atom. The molecule has 4 nitrogen and oxygen atoms in total. The fraction of sp³-hybridized carbons (Fsp3) is 0.0455. The number of carbonyl (C=O) groups excluding carboxylic acids is 2. The van der Waals surface area contributed by atoms with Crippen LogP contribution in [0.5, 0.6) is 0 Å². The third kappa shape index (κ3) is 2.55. The lowest BCUT2D eigenvalue weighted by Gasteiger charge is -2.01. The van der Waals surface area contributed by atoms with E-state index in [1.165, 1.54) is 17.4 Å². The van der Waals surface area contributed by atoms with Crippen LogP contribution >= 0.6 is 22.9 Å². The first-order chi connectivity index (χ1) is 13.5. The summed E-state index contributed by atoms with van der Waals surface area (Å²) in [5.74, 6) is -0.268. The van der Waals surface area contributed by atoms with Gasteiger partial charge in [0.1, 0.15) is 10.8 Å². The smallest absolute Gasteiger partial charge is 0.238 e. The predicted molar refractivity (Wildman–Crippen MR) is 110 cm³/mol. The molecule has 1 aliphatic rings. The van der Waals surface area contributed by atoms with Crippen molar-refractivity contribution in [2.24, 2.45) is 0 Å². The second kappa shape index (κ2) is 6.26. The third-order valence-electron chi connectivity index (χ3n) is 4.72. The van der Waals surface area contributed by atoms with E-state index in [0.29, 0.717) is 17.0 Å². The fourth-order valence-electron chi connectivity index (χ4n) is 3.37. The minimum absolute atomic E-state index is 0.0656. The standard InChI is InChI=1S/C22H12ClNO3S/c1-11-7-8-15(23)18-17(11)19(25)14(20(18)26)9-13-10-16-21(27-13)24-22(28-16)12-5-3-2-4-6-12/h2-10H,1H3/b14-9+. The summed E-state index contributed by atoms with van der Waals surface area (Å²) in [6, 6.07) is 15.0. The number of hydrogen-bond donors (Lipinski definition) is 0. The van der Waals surface area contributed by atoms with Crippen molar-refractivity contribution in [3.8, 4) is 10.6 Å². The minimum atomic E-state index is -0.369. The maximum atomic E-state index is 12.8. The lowest BCUT2D eigenvalue weighted by Crippen LogP contribution is -2.00. The maximum Gasteiger partial charge on any atom is 0.238 e. The average Bonchev–Trinajstić information content (AvgIpc) is 3.32. The normalized spacial score (nSPS) is 15.0. The van der Waals surface area contributed by atoms with Crippen molar-refractivity contribution >= 4 is 51.0 Å². The highest BCUT2D eigenvalue weighted by Gasteiger charge is 2.36. The largest absolute Gasteiger partial charge is 0.437 e. The molecule has 5 rings (SSSR count). The van der Waals surface area contributed by atoms with E-state index in [-0.39, 0.29) is 27.7 Å². The number of benzene rings is 2. The monoisotopic (exact) mass is 405 g/mol. The number of Topliss-reactive ketones (excluding diaryl/α,β-unsaturated/α-hetero) is 2. The molecule has 0 fully saturated rings. The number of hydrogen-bond acceptors (Lipinski definition) is 5. The molecule has 0 atom stereocenters. The minimum Gasteiger partial charge on any atom is -0.437 e. The Hall–Kier alpha value is -3.02. The number of aromatic nitrogens is 1. The van der Waals surface area contributed by atoms with Crippen LogP contribution in [0, 0.1) is 6.92 Å². The summed E-state index contributed by atoms with van der Waals surface area (Å²) in [5.41, 5.74) is 2.95. The second-order valence-electron chi connectivity index (χ2n) is 6.53. The van der Waals surface area contributed by atoms with E-state index >= 15 is 0 Å². The number of ketones is 2. The van der Waals surface area contributed by atoms with Gasteiger partial charge in [-0.05, 0) is 24.6 Å². The number of nitrogens with zero attached hydrogens (tertiary/aromatic N) is 1. The van der Waals surface area contributed by atoms with E-state index in [0.717, 1.165) is 20.8 Å². The number of aryl methyl sites for hydroxylation is 1. The van der Waals surface area contributed by atoms with Crippen molar-refractivity contribution in [1.82, 2.24) is 4.98 Å². The van der Waals surface area contributed by atoms with Gasteiger partial charge in [-0.3, -0.25) is 9.59 Å². The molecule has 0 saturated heterocycles. The Morgan fingerprint density at radius 2 is 1.79 bits per heavy atom. The van der Waals surface area contributed by atoms with Crippen LogP contribution in [0.25, 0.3) is 27.1 Å². The van der Waals surface area contributed by atoms with Gasteiger partial charge in [0, 0.05) is 17.2 Å². The summed E-state index contributed by atoms with van der Waals surface area (Å²) in [7, 11) is 0. The fourth-order valence-corrected chi connectivity index (χ4v) is 4.55. The molecular weight excluding hydrogens is 394 g/mol. The first kappa shape index (κ1) is 17.1. The van der Waals surface area contributed by atoms with Gasteiger partial charge in [-0.25, -0.2) is 4.98 Å². The van der Waals surface area contributed by atoms with Gasteiger partial charge >= 0.3 is 0 Å². The van der Waals surface area contributed by atoms with Crippen LogP contribution in [-0.2, 0) is 0 Å². The number of allylic oxidation sites excluding steroid dienone is 1. The summed E-state index contributed by atoms with van der Waals surface area (Å²) in [5, 5.41) is 1.15. The van der Waals surface area contributed by atoms with Crippen molar-refractivity contribution in [1.29, 1.82) is 0 Å². The number of carbonyl (C=O) groups is 2. The molecular formula is C22H12ClNO3S. The number of rotatable bonds is 2. The van der Waals surface area contributed by atoms with Crippen LogP contribution in [0.15, 0.2) is 58.5 Å². The molecule has 6 heteroatoms. The molecule has 0 aliphatic heterocycles. The van der Waals surface area contributed by atoms with Gasteiger partial charge in [-0.15, -0.1) is 11.3 Å². The first-order valence-electron chi connectivity index (χ1n) is 8.59. The molecule has 4 aromatic rings. The molecule has 1 aliphatic carbocycles. The van der Waals surface area contributed by atoms with Crippen LogP contribution < -0.4 is 0 Å². The number of thiazole rings is 1. The lowest BCUT2D eigenvalue weighted by molar-refractivity contribution is 0.0990. The van der Waals surface area contributed by atoms with Crippen molar-refractivity contribution in [2.75, 3.05) is 0 Å². The summed E-state index contributed by atoms with van der Waals surface area (Å²) >= 11 is 7.66. The molecule has 0 bridgehead atoms. The van der Waals surface area contributed by atoms with Crippen molar-refractivity contribution in [3.63, 3.8) is 0 Å². The van der Waals surface area contributed by atoms with Crippen LogP contribution in [-0.4, -0.2) is 16.6 Å². The Bertz CT molecular complexity index is 1240. The van der Waals surface area contributed by atoms with E-state index in [2.05, 4.69) is 4.98 Å². The molecule has 0 amide bonds. The molecule has 0 radical (unpaired) electrons. The summed E-state index contributed by atoms with van der Waals surface area (Å²) in [6.45, 7) is 1.79. The zero-order chi connectivity index (χ0) is 19.4. The van der Waals surface area contributed by atoms with Gasteiger partial charge in [0.2, 0.25) is 5.71 Å². The van der Waals surface area contributed by atoms with Gasteiger partial charge < -0.3 is 4.42 Å². The number of fused-ring (bicyclic) bond motifs is 2. The van der Waals surface area contributed by atoms with Gasteiger partial charge in [0.15, 0.2) is 11.6 Å². The second-order valence-corrected chi connectivity index (χ2v) is 7.97. The number of furan rings is 1. The van der Waals surface area contributed by atoms with Crippen molar-refractivity contribution in [2.45, 2.75) is 6.92 Å². The molecule has 136 valence electrons. The third-order valence-corrected chi connectivity index (χ3v) is 6.07. The lowest BCUT2D eigenvalue weighted by atomic mass is 10.0. The zero-order valence-electron chi connectivity index (χ0n) is 14.7. The molecule has 2 aromatic carbocycles. The van der Waals surface area contributed by atoms with E-state index in [1.807, 2.05) is 30.3 Å². The molecule has 28 heavy (non-hydrogen) atoms. The Kier molecular flexibility index (Phi) is 3.82. The van der Waals surface area contributed by atoms with Crippen molar-refractivity contribution < 1.29 is 14.0 Å². The highest BCUT2D eigenvalue weighted by Crippen LogP contribution is 2.37. The Labute approximate surface area is 169 Å². The van der Waals surface area contributed by atoms with Crippen LogP contribution in [0.3, 0.4) is 0 Å².